The molecule has 0 aromatic carbocycles. The van der Waals surface area contributed by atoms with E-state index in [1.165, 1.54) is 12.1 Å². The van der Waals surface area contributed by atoms with Crippen LogP contribution in [0, 0.1) is 10.1 Å². The molecule has 6 heteroatoms. The van der Waals surface area contributed by atoms with Crippen LogP contribution < -0.4 is 0 Å². The third-order valence-corrected chi connectivity index (χ3v) is 3.05. The van der Waals surface area contributed by atoms with Crippen molar-refractivity contribution in [3.63, 3.8) is 0 Å². The zero-order chi connectivity index (χ0) is 10.8. The van der Waals surface area contributed by atoms with E-state index in [1.54, 1.807) is 19.9 Å². The second-order valence-corrected chi connectivity index (χ2v) is 4.22. The van der Waals surface area contributed by atoms with Gasteiger partial charge in [0.05, 0.1) is 4.92 Å². The molecule has 5 nitrogen and oxygen atoms in total. The minimum Gasteiger partial charge on any atom is -0.258 e. The van der Waals surface area contributed by atoms with E-state index < -0.39 is 10.5 Å². The van der Waals surface area contributed by atoms with Crippen molar-refractivity contribution in [3.05, 3.63) is 27.1 Å². The van der Waals surface area contributed by atoms with E-state index in [-0.39, 0.29) is 5.00 Å². The van der Waals surface area contributed by atoms with Gasteiger partial charge in [-0.15, -0.1) is 0 Å². The summed E-state index contributed by atoms with van der Waals surface area (Å²) in [6.07, 6.45) is 1.46. The van der Waals surface area contributed by atoms with Crippen LogP contribution >= 0.6 is 11.3 Å². The highest BCUT2D eigenvalue weighted by Gasteiger charge is 2.24. The molecule has 1 aromatic heterocycles. The van der Waals surface area contributed by atoms with Crippen LogP contribution in [-0.2, 0) is 10.3 Å². The van der Waals surface area contributed by atoms with E-state index in [4.69, 9.17) is 0 Å². The van der Waals surface area contributed by atoms with Gasteiger partial charge in [-0.3, -0.25) is 10.1 Å². The van der Waals surface area contributed by atoms with Crippen molar-refractivity contribution < 1.29 is 9.72 Å². The van der Waals surface area contributed by atoms with Gasteiger partial charge >= 0.3 is 5.00 Å². The molecule has 1 rings (SSSR count). The van der Waals surface area contributed by atoms with E-state index in [9.17, 15) is 14.9 Å². The number of nitrogens with zero attached hydrogens (tertiary/aromatic N) is 2. The molecule has 14 heavy (non-hydrogen) atoms. The van der Waals surface area contributed by atoms with Gasteiger partial charge in [0, 0.05) is 10.9 Å². The first-order valence-corrected chi connectivity index (χ1v) is 4.63. The molecule has 0 amide bonds. The third kappa shape index (κ3) is 2.04. The van der Waals surface area contributed by atoms with Crippen molar-refractivity contribution in [2.24, 2.45) is 4.99 Å². The fourth-order valence-electron chi connectivity index (χ4n) is 0.924. The second kappa shape index (κ2) is 3.69. The predicted octanol–water partition coefficient (Wildman–Crippen LogP) is 2.23. The Morgan fingerprint density at radius 2 is 2.21 bits per heavy atom. The van der Waals surface area contributed by atoms with Crippen molar-refractivity contribution in [1.29, 1.82) is 0 Å². The normalized spacial score (nSPS) is 10.7. The van der Waals surface area contributed by atoms with Gasteiger partial charge in [0.25, 0.3) is 0 Å². The molecule has 0 fully saturated rings. The molecule has 0 bridgehead atoms. The highest BCUT2D eigenvalue weighted by molar-refractivity contribution is 7.15. The lowest BCUT2D eigenvalue weighted by molar-refractivity contribution is -0.380. The first-order chi connectivity index (χ1) is 6.47. The number of carbonyl (C=O) groups excluding carboxylic acids is 1. The number of hydrogen-bond acceptors (Lipinski definition) is 5. The van der Waals surface area contributed by atoms with Crippen LogP contribution in [0.2, 0.25) is 0 Å². The summed E-state index contributed by atoms with van der Waals surface area (Å²) in [4.78, 5) is 24.3. The Hall–Kier alpha value is -1.52. The summed E-state index contributed by atoms with van der Waals surface area (Å²) in [5, 5.41) is 10.5. The maximum atomic E-state index is 10.4. The molecule has 0 spiro atoms. The monoisotopic (exact) mass is 212 g/mol. The quantitative estimate of drug-likeness (QED) is 0.334. The Kier molecular flexibility index (Phi) is 2.78. The first-order valence-electron chi connectivity index (χ1n) is 3.81. The average molecular weight is 212 g/mol. The van der Waals surface area contributed by atoms with Crippen LogP contribution in [0.5, 0.6) is 0 Å². The van der Waals surface area contributed by atoms with Gasteiger partial charge in [0.1, 0.15) is 5.54 Å². The van der Waals surface area contributed by atoms with Crippen molar-refractivity contribution >= 4 is 22.4 Å². The van der Waals surface area contributed by atoms with Gasteiger partial charge in [0.15, 0.2) is 0 Å². The number of nitro groups is 1. The maximum Gasteiger partial charge on any atom is 0.324 e. The van der Waals surface area contributed by atoms with Crippen LogP contribution in [0.25, 0.3) is 0 Å². The molecule has 1 heterocycles. The van der Waals surface area contributed by atoms with Crippen LogP contribution in [0.3, 0.4) is 0 Å². The van der Waals surface area contributed by atoms with Gasteiger partial charge in [0.2, 0.25) is 6.08 Å². The Balaban J connectivity index is 3.08. The third-order valence-electron chi connectivity index (χ3n) is 1.70. The Morgan fingerprint density at radius 3 is 2.64 bits per heavy atom. The minimum absolute atomic E-state index is 0.0502. The van der Waals surface area contributed by atoms with Gasteiger partial charge < -0.3 is 0 Å². The fraction of sp³-hybridized carbons (Fsp3) is 0.375. The van der Waals surface area contributed by atoms with Crippen LogP contribution in [0.4, 0.5) is 5.00 Å². The summed E-state index contributed by atoms with van der Waals surface area (Å²) >= 11 is 1.02. The van der Waals surface area contributed by atoms with Crippen LogP contribution in [-0.4, -0.2) is 11.0 Å². The summed E-state index contributed by atoms with van der Waals surface area (Å²) in [7, 11) is 0. The molecular weight excluding hydrogens is 204 g/mol. The van der Waals surface area contributed by atoms with E-state index in [2.05, 4.69) is 4.99 Å². The molecule has 0 aliphatic carbocycles. The van der Waals surface area contributed by atoms with Crippen molar-refractivity contribution in [2.45, 2.75) is 19.4 Å². The molecule has 0 saturated heterocycles. The Labute approximate surface area is 84.2 Å². The standard InChI is InChI=1S/C8H8N2O3S/c1-8(2,9-5-11)6-3-4-7(14-6)10(12)13/h3-4H,1-2H3. The summed E-state index contributed by atoms with van der Waals surface area (Å²) < 4.78 is 0. The number of hydrogen-bond donors (Lipinski definition) is 0. The number of rotatable bonds is 3. The van der Waals surface area contributed by atoms with Gasteiger partial charge in [-0.05, 0) is 19.9 Å². The maximum absolute atomic E-state index is 10.4. The minimum atomic E-state index is -0.735. The lowest BCUT2D eigenvalue weighted by Crippen LogP contribution is -2.10. The van der Waals surface area contributed by atoms with E-state index in [0.29, 0.717) is 4.88 Å². The second-order valence-electron chi connectivity index (χ2n) is 3.16. The van der Waals surface area contributed by atoms with E-state index in [0.717, 1.165) is 11.3 Å². The zero-order valence-electron chi connectivity index (χ0n) is 7.68. The molecule has 0 aliphatic heterocycles. The number of thiophene rings is 1. The highest BCUT2D eigenvalue weighted by Crippen LogP contribution is 2.34. The van der Waals surface area contributed by atoms with E-state index >= 15 is 0 Å². The van der Waals surface area contributed by atoms with Crippen LogP contribution in [0.1, 0.15) is 18.7 Å². The molecule has 0 unspecified atom stereocenters. The molecule has 1 aromatic rings. The summed E-state index contributed by atoms with van der Waals surface area (Å²) in [6.45, 7) is 3.40. The topological polar surface area (TPSA) is 72.6 Å². The molecule has 0 aliphatic rings. The van der Waals surface area contributed by atoms with Crippen molar-refractivity contribution in [2.75, 3.05) is 0 Å². The van der Waals surface area contributed by atoms with E-state index in [1.807, 2.05) is 0 Å². The lowest BCUT2D eigenvalue weighted by atomic mass is 10.1. The van der Waals surface area contributed by atoms with Crippen LogP contribution in [0.15, 0.2) is 17.1 Å². The highest BCUT2D eigenvalue weighted by atomic mass is 32.1. The average Bonchev–Trinajstić information content (AvgIpc) is 2.51. The molecular formula is C8H8N2O3S. The van der Waals surface area contributed by atoms with Gasteiger partial charge in [-0.1, -0.05) is 11.3 Å². The smallest absolute Gasteiger partial charge is 0.258 e. The zero-order valence-corrected chi connectivity index (χ0v) is 8.50. The summed E-state index contributed by atoms with van der Waals surface area (Å²) in [5.74, 6) is 0. The van der Waals surface area contributed by atoms with Gasteiger partial charge in [-0.2, -0.15) is 4.99 Å². The lowest BCUT2D eigenvalue weighted by Gasteiger charge is -2.13. The SMILES string of the molecule is CC(C)(N=C=O)c1ccc([N+](=O)[O-])s1. The number of isocyanates is 1. The fourth-order valence-corrected chi connectivity index (χ4v) is 1.79. The summed E-state index contributed by atoms with van der Waals surface area (Å²) in [6, 6.07) is 3.01. The van der Waals surface area contributed by atoms with Crippen molar-refractivity contribution in [3.8, 4) is 0 Å². The largest absolute Gasteiger partial charge is 0.324 e. The van der Waals surface area contributed by atoms with Gasteiger partial charge in [-0.25, -0.2) is 4.79 Å². The Bertz CT molecular complexity index is 404. The molecule has 0 atom stereocenters. The molecule has 0 radical (unpaired) electrons. The molecule has 0 saturated carbocycles. The first kappa shape index (κ1) is 10.6. The molecule has 74 valence electrons. The predicted molar refractivity (Wildman–Crippen MR) is 52.1 cm³/mol. The summed E-state index contributed by atoms with van der Waals surface area (Å²) in [5.41, 5.74) is -0.735. The molecule has 0 N–H and O–H groups in total. The van der Waals surface area contributed by atoms with Crippen molar-refractivity contribution in [1.82, 2.24) is 0 Å². The number of aliphatic imine (C=N–C) groups is 1. The Morgan fingerprint density at radius 1 is 1.57 bits per heavy atom.